The highest BCUT2D eigenvalue weighted by molar-refractivity contribution is 5.86. The van der Waals surface area contributed by atoms with Crippen molar-refractivity contribution in [2.24, 2.45) is 0 Å². The Morgan fingerprint density at radius 2 is 1.90 bits per heavy atom. The van der Waals surface area contributed by atoms with Crippen LogP contribution in [0.5, 0.6) is 11.5 Å². The van der Waals surface area contributed by atoms with Gasteiger partial charge in [0.25, 0.3) is 0 Å². The summed E-state index contributed by atoms with van der Waals surface area (Å²) in [6.45, 7) is 3.90. The molecule has 2 aliphatic rings. The fourth-order valence-electron chi connectivity index (χ4n) is 4.44. The van der Waals surface area contributed by atoms with E-state index in [9.17, 15) is 9.59 Å². The highest BCUT2D eigenvalue weighted by Crippen LogP contribution is 2.38. The molecule has 0 bridgehead atoms. The van der Waals surface area contributed by atoms with Crippen molar-refractivity contribution in [2.75, 3.05) is 40.5 Å². The fraction of sp³-hybridized carbons (Fsp3) is 0.636. The largest absolute Gasteiger partial charge is 0.497 e. The second-order valence-electron chi connectivity index (χ2n) is 7.59. The first-order valence-corrected chi connectivity index (χ1v) is 10.5. The van der Waals surface area contributed by atoms with E-state index in [-0.39, 0.29) is 17.9 Å². The highest BCUT2D eigenvalue weighted by atomic mass is 16.5. The summed E-state index contributed by atoms with van der Waals surface area (Å²) < 4.78 is 16.1. The number of piperidine rings is 1. The van der Waals surface area contributed by atoms with Crippen LogP contribution in [-0.2, 0) is 14.3 Å². The number of esters is 1. The molecule has 2 fully saturated rings. The van der Waals surface area contributed by atoms with Gasteiger partial charge < -0.3 is 19.1 Å². The van der Waals surface area contributed by atoms with Crippen molar-refractivity contribution < 1.29 is 23.8 Å². The Kier molecular flexibility index (Phi) is 7.36. The first-order chi connectivity index (χ1) is 14.1. The summed E-state index contributed by atoms with van der Waals surface area (Å²) >= 11 is 0. The number of benzene rings is 1. The predicted octanol–water partition coefficient (Wildman–Crippen LogP) is 2.78. The standard InChI is InChI=1S/C22H32N2O5/c1-4-29-22(26)19-8-5-6-13-24(19)21(25)15-23-12-7-9-18(23)17-11-10-16(27-2)14-20(17)28-3/h10-11,14,18-19H,4-9,12-13,15H2,1-3H3/t18-,19+/m0/s1. The van der Waals surface area contributed by atoms with Crippen LogP contribution in [0.15, 0.2) is 18.2 Å². The van der Waals surface area contributed by atoms with Gasteiger partial charge >= 0.3 is 5.97 Å². The summed E-state index contributed by atoms with van der Waals surface area (Å²) in [5.41, 5.74) is 1.07. The molecule has 0 saturated carbocycles. The highest BCUT2D eigenvalue weighted by Gasteiger charge is 2.36. The number of hydrogen-bond donors (Lipinski definition) is 0. The van der Waals surface area contributed by atoms with Crippen molar-refractivity contribution in [3.05, 3.63) is 23.8 Å². The number of carbonyl (C=O) groups excluding carboxylic acids is 2. The Bertz CT molecular complexity index is 723. The lowest BCUT2D eigenvalue weighted by atomic mass is 10.0. The molecule has 2 saturated heterocycles. The number of rotatable bonds is 7. The molecule has 2 heterocycles. The monoisotopic (exact) mass is 404 g/mol. The summed E-state index contributed by atoms with van der Waals surface area (Å²) in [5, 5.41) is 0. The molecule has 2 atom stereocenters. The van der Waals surface area contributed by atoms with E-state index in [0.29, 0.717) is 26.1 Å². The lowest BCUT2D eigenvalue weighted by molar-refractivity contribution is -0.157. The van der Waals surface area contributed by atoms with Crippen molar-refractivity contribution in [3.8, 4) is 11.5 Å². The van der Waals surface area contributed by atoms with E-state index in [1.807, 2.05) is 18.2 Å². The van der Waals surface area contributed by atoms with Crippen LogP contribution < -0.4 is 9.47 Å². The summed E-state index contributed by atoms with van der Waals surface area (Å²) in [5.74, 6) is 1.24. The number of likely N-dealkylation sites (tertiary alicyclic amines) is 2. The smallest absolute Gasteiger partial charge is 0.328 e. The van der Waals surface area contributed by atoms with E-state index >= 15 is 0 Å². The molecule has 1 amide bonds. The maximum absolute atomic E-state index is 13.1. The molecule has 0 aromatic heterocycles. The van der Waals surface area contributed by atoms with Gasteiger partial charge in [-0.15, -0.1) is 0 Å². The third-order valence-corrected chi connectivity index (χ3v) is 5.88. The van der Waals surface area contributed by atoms with E-state index in [4.69, 9.17) is 14.2 Å². The van der Waals surface area contributed by atoms with Gasteiger partial charge in [-0.3, -0.25) is 9.69 Å². The van der Waals surface area contributed by atoms with E-state index in [2.05, 4.69) is 4.90 Å². The lowest BCUT2D eigenvalue weighted by Gasteiger charge is -2.36. The van der Waals surface area contributed by atoms with Crippen molar-refractivity contribution in [1.82, 2.24) is 9.80 Å². The molecule has 0 N–H and O–H groups in total. The van der Waals surface area contributed by atoms with Crippen LogP contribution in [0.2, 0.25) is 0 Å². The number of carbonyl (C=O) groups is 2. The summed E-state index contributed by atoms with van der Waals surface area (Å²) in [4.78, 5) is 29.4. The quantitative estimate of drug-likeness (QED) is 0.651. The third-order valence-electron chi connectivity index (χ3n) is 5.88. The molecule has 29 heavy (non-hydrogen) atoms. The molecule has 0 unspecified atom stereocenters. The SMILES string of the molecule is CCOC(=O)[C@H]1CCCCN1C(=O)CN1CCC[C@H]1c1ccc(OC)cc1OC. The van der Waals surface area contributed by atoms with Gasteiger partial charge in [0.05, 0.1) is 27.4 Å². The van der Waals surface area contributed by atoms with Crippen molar-refractivity contribution >= 4 is 11.9 Å². The van der Waals surface area contributed by atoms with Gasteiger partial charge in [0.15, 0.2) is 0 Å². The molecule has 1 aromatic carbocycles. The van der Waals surface area contributed by atoms with Crippen molar-refractivity contribution in [2.45, 2.75) is 51.1 Å². The maximum atomic E-state index is 13.1. The third kappa shape index (κ3) is 4.83. The van der Waals surface area contributed by atoms with Crippen LogP contribution in [0, 0.1) is 0 Å². The second-order valence-corrected chi connectivity index (χ2v) is 7.59. The lowest BCUT2D eigenvalue weighted by Crippen LogP contribution is -2.51. The molecular formula is C22H32N2O5. The normalized spacial score (nSPS) is 22.4. The predicted molar refractivity (Wildman–Crippen MR) is 109 cm³/mol. The van der Waals surface area contributed by atoms with Crippen LogP contribution in [0.1, 0.15) is 50.6 Å². The minimum atomic E-state index is -0.451. The zero-order valence-corrected chi connectivity index (χ0v) is 17.7. The van der Waals surface area contributed by atoms with E-state index in [1.165, 1.54) is 0 Å². The number of ether oxygens (including phenoxy) is 3. The Morgan fingerprint density at radius 1 is 1.07 bits per heavy atom. The van der Waals surface area contributed by atoms with E-state index in [0.717, 1.165) is 49.3 Å². The molecule has 3 rings (SSSR count). The molecule has 7 nitrogen and oxygen atoms in total. The second kappa shape index (κ2) is 9.96. The Morgan fingerprint density at radius 3 is 2.62 bits per heavy atom. The van der Waals surface area contributed by atoms with Crippen LogP contribution in [0.3, 0.4) is 0 Å². The van der Waals surface area contributed by atoms with E-state index < -0.39 is 6.04 Å². The number of methoxy groups -OCH3 is 2. The van der Waals surface area contributed by atoms with Gasteiger partial charge in [0, 0.05) is 24.2 Å². The zero-order chi connectivity index (χ0) is 20.8. The topological polar surface area (TPSA) is 68.3 Å². The average molecular weight is 405 g/mol. The summed E-state index contributed by atoms with van der Waals surface area (Å²) in [6.07, 6.45) is 4.55. The molecule has 1 aromatic rings. The molecule has 0 spiro atoms. The molecule has 160 valence electrons. The van der Waals surface area contributed by atoms with Gasteiger partial charge in [-0.1, -0.05) is 6.07 Å². The molecule has 0 radical (unpaired) electrons. The fourth-order valence-corrected chi connectivity index (χ4v) is 4.44. The molecule has 7 heteroatoms. The minimum absolute atomic E-state index is 0.00197. The first-order valence-electron chi connectivity index (χ1n) is 10.5. The van der Waals surface area contributed by atoms with Gasteiger partial charge in [-0.05, 0) is 51.6 Å². The molecule has 2 aliphatic heterocycles. The summed E-state index contributed by atoms with van der Waals surface area (Å²) in [7, 11) is 3.29. The van der Waals surface area contributed by atoms with Gasteiger partial charge in [-0.2, -0.15) is 0 Å². The van der Waals surface area contributed by atoms with E-state index in [1.54, 1.807) is 26.0 Å². The Labute approximate surface area is 172 Å². The molecular weight excluding hydrogens is 372 g/mol. The van der Waals surface area contributed by atoms with Crippen LogP contribution in [-0.4, -0.2) is 68.2 Å². The van der Waals surface area contributed by atoms with Crippen LogP contribution in [0.4, 0.5) is 0 Å². The Balaban J connectivity index is 1.73. The minimum Gasteiger partial charge on any atom is -0.497 e. The zero-order valence-electron chi connectivity index (χ0n) is 17.7. The first kappa shape index (κ1) is 21.4. The van der Waals surface area contributed by atoms with Gasteiger partial charge in [0.2, 0.25) is 5.91 Å². The summed E-state index contributed by atoms with van der Waals surface area (Å²) in [6, 6.07) is 5.50. The molecule has 0 aliphatic carbocycles. The van der Waals surface area contributed by atoms with Crippen LogP contribution in [0.25, 0.3) is 0 Å². The number of amides is 1. The van der Waals surface area contributed by atoms with Crippen molar-refractivity contribution in [1.29, 1.82) is 0 Å². The Hall–Kier alpha value is -2.28. The van der Waals surface area contributed by atoms with Gasteiger partial charge in [-0.25, -0.2) is 4.79 Å². The van der Waals surface area contributed by atoms with Gasteiger partial charge in [0.1, 0.15) is 17.5 Å². The number of nitrogens with zero attached hydrogens (tertiary/aromatic N) is 2. The average Bonchev–Trinajstić information content (AvgIpc) is 3.21. The number of hydrogen-bond acceptors (Lipinski definition) is 6. The maximum Gasteiger partial charge on any atom is 0.328 e. The van der Waals surface area contributed by atoms with Crippen molar-refractivity contribution in [3.63, 3.8) is 0 Å². The van der Waals surface area contributed by atoms with Crippen LogP contribution >= 0.6 is 0 Å².